The molecule has 7 nitrogen and oxygen atoms in total. The molecule has 8 heteroatoms. The van der Waals surface area contributed by atoms with Gasteiger partial charge < -0.3 is 20.5 Å². The van der Waals surface area contributed by atoms with Crippen molar-refractivity contribution in [3.8, 4) is 0 Å². The SMILES string of the molecule is O=C(CNC(=O)OCc1ccccc1)N[C@H](Cc1ccccc1Cl)C(=O)O. The second kappa shape index (κ2) is 10.2. The molecular weight excluding hydrogens is 372 g/mol. The van der Waals surface area contributed by atoms with Crippen LogP contribution in [0.4, 0.5) is 4.79 Å². The number of nitrogens with one attached hydrogen (secondary N) is 2. The van der Waals surface area contributed by atoms with Crippen molar-refractivity contribution in [3.63, 3.8) is 0 Å². The number of carboxylic acids is 1. The number of benzene rings is 2. The molecule has 0 saturated heterocycles. The van der Waals surface area contributed by atoms with E-state index in [9.17, 15) is 19.5 Å². The van der Waals surface area contributed by atoms with Gasteiger partial charge in [-0.15, -0.1) is 0 Å². The van der Waals surface area contributed by atoms with Gasteiger partial charge in [0.15, 0.2) is 0 Å². The van der Waals surface area contributed by atoms with Gasteiger partial charge in [-0.25, -0.2) is 9.59 Å². The molecule has 2 aromatic rings. The molecule has 0 saturated carbocycles. The van der Waals surface area contributed by atoms with Crippen LogP contribution < -0.4 is 10.6 Å². The third kappa shape index (κ3) is 6.99. The van der Waals surface area contributed by atoms with Crippen LogP contribution >= 0.6 is 11.6 Å². The summed E-state index contributed by atoms with van der Waals surface area (Å²) in [7, 11) is 0. The number of carbonyl (C=O) groups excluding carboxylic acids is 2. The van der Waals surface area contributed by atoms with E-state index in [2.05, 4.69) is 10.6 Å². The van der Waals surface area contributed by atoms with E-state index >= 15 is 0 Å². The van der Waals surface area contributed by atoms with E-state index in [4.69, 9.17) is 16.3 Å². The van der Waals surface area contributed by atoms with Crippen molar-refractivity contribution < 1.29 is 24.2 Å². The minimum Gasteiger partial charge on any atom is -0.480 e. The zero-order valence-electron chi connectivity index (χ0n) is 14.4. The van der Waals surface area contributed by atoms with E-state index < -0.39 is 30.6 Å². The summed E-state index contributed by atoms with van der Waals surface area (Å²) in [5.41, 5.74) is 1.41. The van der Waals surface area contributed by atoms with Gasteiger partial charge in [-0.3, -0.25) is 4.79 Å². The first kappa shape index (κ1) is 20.3. The predicted molar refractivity (Wildman–Crippen MR) is 99.4 cm³/mol. The van der Waals surface area contributed by atoms with Crippen molar-refractivity contribution in [1.82, 2.24) is 10.6 Å². The summed E-state index contributed by atoms with van der Waals surface area (Å²) < 4.78 is 4.98. The number of hydrogen-bond acceptors (Lipinski definition) is 4. The molecule has 0 aromatic heterocycles. The number of halogens is 1. The van der Waals surface area contributed by atoms with Crippen molar-refractivity contribution in [2.45, 2.75) is 19.1 Å². The highest BCUT2D eigenvalue weighted by molar-refractivity contribution is 6.31. The van der Waals surface area contributed by atoms with Crippen molar-refractivity contribution in [2.24, 2.45) is 0 Å². The largest absolute Gasteiger partial charge is 0.480 e. The van der Waals surface area contributed by atoms with E-state index in [0.717, 1.165) is 5.56 Å². The third-order valence-electron chi connectivity index (χ3n) is 3.62. The number of rotatable bonds is 8. The van der Waals surface area contributed by atoms with E-state index in [1.165, 1.54) is 0 Å². The summed E-state index contributed by atoms with van der Waals surface area (Å²) in [5.74, 6) is -1.85. The van der Waals surface area contributed by atoms with Gasteiger partial charge in [0.05, 0.1) is 0 Å². The minimum atomic E-state index is -1.20. The maximum atomic E-state index is 11.9. The molecule has 0 unspecified atom stereocenters. The third-order valence-corrected chi connectivity index (χ3v) is 3.99. The highest BCUT2D eigenvalue weighted by Crippen LogP contribution is 2.16. The van der Waals surface area contributed by atoms with Crippen molar-refractivity contribution in [3.05, 3.63) is 70.7 Å². The minimum absolute atomic E-state index is 0.0270. The fourth-order valence-electron chi connectivity index (χ4n) is 2.26. The average Bonchev–Trinajstić information content (AvgIpc) is 2.66. The lowest BCUT2D eigenvalue weighted by atomic mass is 10.1. The first-order valence-corrected chi connectivity index (χ1v) is 8.53. The normalized spacial score (nSPS) is 11.3. The molecule has 0 heterocycles. The monoisotopic (exact) mass is 390 g/mol. The summed E-state index contributed by atoms with van der Waals surface area (Å²) in [5, 5.41) is 14.3. The Bertz CT molecular complexity index is 798. The number of amides is 2. The van der Waals surface area contributed by atoms with Crippen molar-refractivity contribution in [2.75, 3.05) is 6.54 Å². The van der Waals surface area contributed by atoms with Crippen LogP contribution in [0.5, 0.6) is 0 Å². The lowest BCUT2D eigenvalue weighted by Crippen LogP contribution is -2.46. The number of aliphatic carboxylic acids is 1. The summed E-state index contributed by atoms with van der Waals surface area (Å²) in [6, 6.07) is 14.7. The first-order chi connectivity index (χ1) is 13.0. The highest BCUT2D eigenvalue weighted by atomic mass is 35.5. The van der Waals surface area contributed by atoms with Gasteiger partial charge in [-0.2, -0.15) is 0 Å². The van der Waals surface area contributed by atoms with E-state index in [1.54, 1.807) is 36.4 Å². The molecule has 1 atom stereocenters. The Morgan fingerprint density at radius 3 is 2.37 bits per heavy atom. The van der Waals surface area contributed by atoms with E-state index in [-0.39, 0.29) is 13.0 Å². The fraction of sp³-hybridized carbons (Fsp3) is 0.211. The first-order valence-electron chi connectivity index (χ1n) is 8.16. The van der Waals surface area contributed by atoms with Gasteiger partial charge in [0.2, 0.25) is 5.91 Å². The van der Waals surface area contributed by atoms with Crippen LogP contribution in [-0.4, -0.2) is 35.7 Å². The lowest BCUT2D eigenvalue weighted by molar-refractivity contribution is -0.141. The summed E-state index contributed by atoms with van der Waals surface area (Å²) in [6.45, 7) is -0.335. The fourth-order valence-corrected chi connectivity index (χ4v) is 2.47. The van der Waals surface area contributed by atoms with Crippen LogP contribution in [0.1, 0.15) is 11.1 Å². The van der Waals surface area contributed by atoms with Gasteiger partial charge in [0.1, 0.15) is 19.2 Å². The Kier molecular flexibility index (Phi) is 7.63. The quantitative estimate of drug-likeness (QED) is 0.641. The molecule has 3 N–H and O–H groups in total. The molecule has 0 fully saturated rings. The molecule has 0 aliphatic heterocycles. The zero-order chi connectivity index (χ0) is 19.6. The summed E-state index contributed by atoms with van der Waals surface area (Å²) >= 11 is 6.02. The molecule has 0 radical (unpaired) electrons. The smallest absolute Gasteiger partial charge is 0.407 e. The molecular formula is C19H19ClN2O5. The molecule has 0 aliphatic rings. The Morgan fingerprint density at radius 2 is 1.70 bits per heavy atom. The Hall–Kier alpha value is -3.06. The lowest BCUT2D eigenvalue weighted by Gasteiger charge is -2.15. The number of carboxylic acid groups (broad SMARTS) is 1. The van der Waals surface area contributed by atoms with Crippen LogP contribution in [0.3, 0.4) is 0 Å². The van der Waals surface area contributed by atoms with Crippen molar-refractivity contribution >= 4 is 29.6 Å². The van der Waals surface area contributed by atoms with Gasteiger partial charge in [-0.1, -0.05) is 60.1 Å². The van der Waals surface area contributed by atoms with Crippen LogP contribution in [0.25, 0.3) is 0 Å². The van der Waals surface area contributed by atoms with Crippen LogP contribution in [0.15, 0.2) is 54.6 Å². The topological polar surface area (TPSA) is 105 Å². The maximum Gasteiger partial charge on any atom is 0.407 e. The molecule has 0 spiro atoms. The molecule has 2 rings (SSSR count). The number of ether oxygens (including phenoxy) is 1. The van der Waals surface area contributed by atoms with Crippen LogP contribution in [0.2, 0.25) is 5.02 Å². The second-order valence-electron chi connectivity index (χ2n) is 5.67. The van der Waals surface area contributed by atoms with Gasteiger partial charge >= 0.3 is 12.1 Å². The predicted octanol–water partition coefficient (Wildman–Crippen LogP) is 2.38. The zero-order valence-corrected chi connectivity index (χ0v) is 15.1. The molecule has 0 aliphatic carbocycles. The summed E-state index contributed by atoms with van der Waals surface area (Å²) in [4.78, 5) is 34.9. The molecule has 27 heavy (non-hydrogen) atoms. The summed E-state index contributed by atoms with van der Waals surface area (Å²) in [6.07, 6.45) is -0.744. The van der Waals surface area contributed by atoms with Crippen LogP contribution in [-0.2, 0) is 27.4 Å². The standard InChI is InChI=1S/C19H19ClN2O5/c20-15-9-5-4-8-14(15)10-16(18(24)25)22-17(23)11-21-19(26)27-12-13-6-2-1-3-7-13/h1-9,16H,10-12H2,(H,21,26)(H,22,23)(H,24,25)/t16-/m1/s1. The number of hydrogen-bond donors (Lipinski definition) is 3. The van der Waals surface area contributed by atoms with E-state index in [1.807, 2.05) is 18.2 Å². The van der Waals surface area contributed by atoms with E-state index in [0.29, 0.717) is 10.6 Å². The highest BCUT2D eigenvalue weighted by Gasteiger charge is 2.21. The average molecular weight is 391 g/mol. The molecule has 142 valence electrons. The number of alkyl carbamates (subject to hydrolysis) is 1. The maximum absolute atomic E-state index is 11.9. The second-order valence-corrected chi connectivity index (χ2v) is 6.08. The van der Waals surface area contributed by atoms with Gasteiger partial charge in [0, 0.05) is 11.4 Å². The molecule has 2 aromatic carbocycles. The molecule has 2 amide bonds. The Labute approximate surface area is 161 Å². The van der Waals surface area contributed by atoms with Gasteiger partial charge in [0.25, 0.3) is 0 Å². The van der Waals surface area contributed by atoms with Crippen molar-refractivity contribution in [1.29, 1.82) is 0 Å². The van der Waals surface area contributed by atoms with Gasteiger partial charge in [-0.05, 0) is 17.2 Å². The Balaban J connectivity index is 1.79. The Morgan fingerprint density at radius 1 is 1.04 bits per heavy atom. The number of carbonyl (C=O) groups is 3. The molecule has 0 bridgehead atoms. The van der Waals surface area contributed by atoms with Crippen LogP contribution in [0, 0.1) is 0 Å².